The van der Waals surface area contributed by atoms with Crippen molar-refractivity contribution in [1.82, 2.24) is 15.2 Å². The molecule has 0 unspecified atom stereocenters. The fourth-order valence-corrected chi connectivity index (χ4v) is 3.88. The van der Waals surface area contributed by atoms with Crippen LogP contribution in [-0.2, 0) is 16.0 Å². The smallest absolute Gasteiger partial charge is 0.387 e. The number of amides is 3. The molecule has 1 fully saturated rings. The van der Waals surface area contributed by atoms with Gasteiger partial charge < -0.3 is 14.8 Å². The number of imide groups is 1. The number of nitrogens with one attached hydrogen (secondary N) is 1. The average molecular weight is 477 g/mol. The molecule has 1 saturated heterocycles. The minimum Gasteiger partial charge on any atom is -0.493 e. The van der Waals surface area contributed by atoms with Crippen LogP contribution >= 0.6 is 11.8 Å². The number of methoxy groups -OCH3 is 1. The Hall–Kier alpha value is -3.47. The van der Waals surface area contributed by atoms with Crippen LogP contribution in [0.3, 0.4) is 0 Å². The number of thioether (sulfide) groups is 1. The number of alkyl halides is 2. The number of hydrogen-bond donors (Lipinski definition) is 1. The van der Waals surface area contributed by atoms with Crippen molar-refractivity contribution in [3.63, 3.8) is 0 Å². The molecule has 2 heterocycles. The highest BCUT2D eigenvalue weighted by Gasteiger charge is 2.34. The van der Waals surface area contributed by atoms with Gasteiger partial charge in [0, 0.05) is 31.9 Å². The van der Waals surface area contributed by atoms with Crippen molar-refractivity contribution in [3.8, 4) is 11.5 Å². The van der Waals surface area contributed by atoms with Gasteiger partial charge >= 0.3 is 6.61 Å². The summed E-state index contributed by atoms with van der Waals surface area (Å²) in [7, 11) is 1.30. The highest BCUT2D eigenvalue weighted by atomic mass is 32.2. The van der Waals surface area contributed by atoms with Gasteiger partial charge in [-0.2, -0.15) is 8.78 Å². The Kier molecular flexibility index (Phi) is 8.36. The van der Waals surface area contributed by atoms with Gasteiger partial charge in [-0.15, -0.1) is 0 Å². The first-order valence-corrected chi connectivity index (χ1v) is 10.7. The lowest BCUT2D eigenvalue weighted by atomic mass is 10.1. The van der Waals surface area contributed by atoms with Gasteiger partial charge in [-0.1, -0.05) is 12.1 Å². The van der Waals surface area contributed by atoms with E-state index in [1.54, 1.807) is 18.5 Å². The SMILES string of the molecule is COc1cc(/C=C2\SC(=O)N(CCNC(=O)CCc3cccnc3)C2=O)ccc1OC(F)F. The standard InChI is InChI=1S/C22H21F2N3O5S/c1-31-17-11-15(4-6-16(17)32-21(23)24)12-18-20(29)27(22(30)33-18)10-9-26-19(28)7-5-14-3-2-8-25-13-14/h2-4,6,8,11-13,21H,5,7,9-10H2,1H3,(H,26,28)/b18-12-. The zero-order valence-corrected chi connectivity index (χ0v) is 18.4. The molecule has 3 amide bonds. The van der Waals surface area contributed by atoms with E-state index in [0.29, 0.717) is 12.0 Å². The molecule has 1 aromatic carbocycles. The quantitative estimate of drug-likeness (QED) is 0.523. The zero-order valence-electron chi connectivity index (χ0n) is 17.6. The highest BCUT2D eigenvalue weighted by Crippen LogP contribution is 2.34. The van der Waals surface area contributed by atoms with Gasteiger partial charge in [0.05, 0.1) is 12.0 Å². The second-order valence-electron chi connectivity index (χ2n) is 6.83. The van der Waals surface area contributed by atoms with Crippen molar-refractivity contribution in [2.45, 2.75) is 19.5 Å². The fraction of sp³-hybridized carbons (Fsp3) is 0.273. The molecule has 0 radical (unpaired) electrons. The predicted octanol–water partition coefficient (Wildman–Crippen LogP) is 3.48. The molecule has 1 aromatic heterocycles. The Morgan fingerprint density at radius 2 is 2.09 bits per heavy atom. The van der Waals surface area contributed by atoms with Crippen LogP contribution in [0.4, 0.5) is 13.6 Å². The summed E-state index contributed by atoms with van der Waals surface area (Å²) >= 11 is 0.758. The number of aryl methyl sites for hydroxylation is 1. The van der Waals surface area contributed by atoms with Gasteiger partial charge in [-0.3, -0.25) is 24.3 Å². The Labute approximate surface area is 193 Å². The number of nitrogens with zero attached hydrogens (tertiary/aromatic N) is 2. The molecule has 0 saturated carbocycles. The highest BCUT2D eigenvalue weighted by molar-refractivity contribution is 8.18. The van der Waals surface area contributed by atoms with Crippen molar-refractivity contribution in [2.24, 2.45) is 0 Å². The number of ether oxygens (including phenoxy) is 2. The molecular formula is C22H21F2N3O5S. The Morgan fingerprint density at radius 3 is 2.79 bits per heavy atom. The summed E-state index contributed by atoms with van der Waals surface area (Å²) in [4.78, 5) is 42.1. The molecule has 1 aliphatic rings. The Morgan fingerprint density at radius 1 is 1.27 bits per heavy atom. The van der Waals surface area contributed by atoms with Gasteiger partial charge in [-0.25, -0.2) is 0 Å². The van der Waals surface area contributed by atoms with E-state index in [1.165, 1.54) is 31.4 Å². The zero-order chi connectivity index (χ0) is 23.8. The van der Waals surface area contributed by atoms with Crippen molar-refractivity contribution >= 4 is 34.9 Å². The van der Waals surface area contributed by atoms with E-state index in [4.69, 9.17) is 4.74 Å². The molecule has 0 atom stereocenters. The number of aromatic nitrogens is 1. The van der Waals surface area contributed by atoms with Gasteiger partial charge in [0.1, 0.15) is 0 Å². The van der Waals surface area contributed by atoms with Crippen molar-refractivity contribution < 1.29 is 32.6 Å². The van der Waals surface area contributed by atoms with Gasteiger partial charge in [0.2, 0.25) is 5.91 Å². The largest absolute Gasteiger partial charge is 0.493 e. The summed E-state index contributed by atoms with van der Waals surface area (Å²) in [6.07, 6.45) is 5.61. The molecule has 174 valence electrons. The number of benzene rings is 1. The summed E-state index contributed by atoms with van der Waals surface area (Å²) in [6.45, 7) is -2.84. The first-order valence-electron chi connectivity index (χ1n) is 9.91. The maximum Gasteiger partial charge on any atom is 0.387 e. The van der Waals surface area contributed by atoms with Gasteiger partial charge in [-0.05, 0) is 53.6 Å². The van der Waals surface area contributed by atoms with Crippen molar-refractivity contribution in [1.29, 1.82) is 0 Å². The third-order valence-corrected chi connectivity index (χ3v) is 5.50. The molecule has 11 heteroatoms. The van der Waals surface area contributed by atoms with E-state index in [1.807, 2.05) is 6.07 Å². The van der Waals surface area contributed by atoms with Crippen LogP contribution in [0.2, 0.25) is 0 Å². The maximum atomic E-state index is 12.6. The van der Waals surface area contributed by atoms with E-state index in [0.717, 1.165) is 22.2 Å². The van der Waals surface area contributed by atoms with Crippen LogP contribution in [0.25, 0.3) is 6.08 Å². The van der Waals surface area contributed by atoms with E-state index in [-0.39, 0.29) is 41.8 Å². The molecule has 1 N–H and O–H groups in total. The molecule has 3 rings (SSSR count). The Balaban J connectivity index is 1.54. The summed E-state index contributed by atoms with van der Waals surface area (Å²) in [6, 6.07) is 7.86. The van der Waals surface area contributed by atoms with Crippen LogP contribution in [-0.4, -0.2) is 53.7 Å². The third kappa shape index (κ3) is 6.75. The summed E-state index contributed by atoms with van der Waals surface area (Å²) < 4.78 is 34.3. The average Bonchev–Trinajstić information content (AvgIpc) is 3.06. The summed E-state index contributed by atoms with van der Waals surface area (Å²) in [5.41, 5.74) is 1.41. The van der Waals surface area contributed by atoms with E-state index >= 15 is 0 Å². The first kappa shape index (κ1) is 24.2. The fourth-order valence-electron chi connectivity index (χ4n) is 3.01. The van der Waals surface area contributed by atoms with Crippen LogP contribution in [0.5, 0.6) is 11.5 Å². The number of halogens is 2. The van der Waals surface area contributed by atoms with Gasteiger partial charge in [0.25, 0.3) is 11.1 Å². The molecule has 0 aliphatic carbocycles. The molecule has 33 heavy (non-hydrogen) atoms. The predicted molar refractivity (Wildman–Crippen MR) is 118 cm³/mol. The number of carbonyl (C=O) groups is 3. The molecular weight excluding hydrogens is 456 g/mol. The lowest BCUT2D eigenvalue weighted by Gasteiger charge is -2.13. The lowest BCUT2D eigenvalue weighted by Crippen LogP contribution is -2.37. The second-order valence-corrected chi connectivity index (χ2v) is 7.83. The first-order chi connectivity index (χ1) is 15.9. The molecule has 1 aliphatic heterocycles. The van der Waals surface area contributed by atoms with E-state index in [9.17, 15) is 23.2 Å². The molecule has 0 bridgehead atoms. The second kappa shape index (κ2) is 11.4. The molecule has 0 spiro atoms. The number of carbonyl (C=O) groups excluding carboxylic acids is 3. The van der Waals surface area contributed by atoms with Crippen LogP contribution in [0.1, 0.15) is 17.5 Å². The minimum absolute atomic E-state index is 0.0329. The lowest BCUT2D eigenvalue weighted by molar-refractivity contribution is -0.124. The third-order valence-electron chi connectivity index (χ3n) is 4.60. The Bertz CT molecular complexity index is 1050. The van der Waals surface area contributed by atoms with Crippen LogP contribution in [0.15, 0.2) is 47.6 Å². The number of hydrogen-bond acceptors (Lipinski definition) is 7. The minimum atomic E-state index is -3.00. The maximum absolute atomic E-state index is 12.6. The van der Waals surface area contributed by atoms with Gasteiger partial charge in [0.15, 0.2) is 11.5 Å². The van der Waals surface area contributed by atoms with Crippen molar-refractivity contribution in [2.75, 3.05) is 20.2 Å². The number of pyridine rings is 1. The van der Waals surface area contributed by atoms with Crippen LogP contribution < -0.4 is 14.8 Å². The molecule has 2 aromatic rings. The topological polar surface area (TPSA) is 97.8 Å². The van der Waals surface area contributed by atoms with E-state index < -0.39 is 17.8 Å². The summed E-state index contributed by atoms with van der Waals surface area (Å²) in [5.74, 6) is -0.768. The van der Waals surface area contributed by atoms with Crippen LogP contribution in [0, 0.1) is 0 Å². The monoisotopic (exact) mass is 477 g/mol. The van der Waals surface area contributed by atoms with Crippen molar-refractivity contribution in [3.05, 3.63) is 58.8 Å². The normalized spacial score (nSPS) is 14.8. The molecule has 8 nitrogen and oxygen atoms in total. The number of rotatable bonds is 10. The van der Waals surface area contributed by atoms with E-state index in [2.05, 4.69) is 15.0 Å². The summed E-state index contributed by atoms with van der Waals surface area (Å²) in [5, 5.41) is 2.24.